The molecule has 0 aromatic heterocycles. The van der Waals surface area contributed by atoms with Gasteiger partial charge in [0.2, 0.25) is 0 Å². The standard InChI is InChI=1S/C12H25NO2/c1-10(8-9-15-3)13(2)11-6-4-5-7-12(11)14/h10-12,14H,4-9H2,1-3H3. The highest BCUT2D eigenvalue weighted by Gasteiger charge is 2.28. The Morgan fingerprint density at radius 2 is 2.07 bits per heavy atom. The van der Waals surface area contributed by atoms with Crippen LogP contribution in [0.25, 0.3) is 0 Å². The van der Waals surface area contributed by atoms with Crippen molar-refractivity contribution in [1.29, 1.82) is 0 Å². The lowest BCUT2D eigenvalue weighted by Gasteiger charge is -2.38. The van der Waals surface area contributed by atoms with Crippen molar-refractivity contribution in [3.63, 3.8) is 0 Å². The SMILES string of the molecule is COCCC(C)N(C)C1CCCCC1O. The van der Waals surface area contributed by atoms with E-state index >= 15 is 0 Å². The molecule has 3 nitrogen and oxygen atoms in total. The molecule has 3 heteroatoms. The van der Waals surface area contributed by atoms with Crippen LogP contribution in [0.2, 0.25) is 0 Å². The van der Waals surface area contributed by atoms with Gasteiger partial charge in [-0.15, -0.1) is 0 Å². The lowest BCUT2D eigenvalue weighted by Crippen LogP contribution is -2.47. The van der Waals surface area contributed by atoms with E-state index < -0.39 is 0 Å². The zero-order valence-corrected chi connectivity index (χ0v) is 10.3. The smallest absolute Gasteiger partial charge is 0.0695 e. The van der Waals surface area contributed by atoms with Crippen LogP contribution >= 0.6 is 0 Å². The Balaban J connectivity index is 2.39. The molecular weight excluding hydrogens is 190 g/mol. The summed E-state index contributed by atoms with van der Waals surface area (Å²) in [7, 11) is 3.86. The summed E-state index contributed by atoms with van der Waals surface area (Å²) in [5.41, 5.74) is 0. The lowest BCUT2D eigenvalue weighted by molar-refractivity contribution is 0.00991. The molecule has 15 heavy (non-hydrogen) atoms. The number of nitrogens with zero attached hydrogens (tertiary/aromatic N) is 1. The Morgan fingerprint density at radius 3 is 2.67 bits per heavy atom. The summed E-state index contributed by atoms with van der Waals surface area (Å²) >= 11 is 0. The van der Waals surface area contributed by atoms with E-state index in [0.717, 1.165) is 25.9 Å². The molecule has 0 aromatic carbocycles. The summed E-state index contributed by atoms with van der Waals surface area (Å²) in [6.45, 7) is 3.01. The molecule has 1 rings (SSSR count). The highest BCUT2D eigenvalue weighted by Crippen LogP contribution is 2.24. The van der Waals surface area contributed by atoms with Gasteiger partial charge in [-0.2, -0.15) is 0 Å². The third-order valence-corrected chi connectivity index (χ3v) is 3.65. The van der Waals surface area contributed by atoms with E-state index in [1.807, 2.05) is 0 Å². The first-order valence-electron chi connectivity index (χ1n) is 6.05. The molecule has 1 aliphatic rings. The van der Waals surface area contributed by atoms with Crippen molar-refractivity contribution in [3.05, 3.63) is 0 Å². The van der Waals surface area contributed by atoms with Gasteiger partial charge in [0.1, 0.15) is 0 Å². The molecule has 1 saturated carbocycles. The monoisotopic (exact) mass is 215 g/mol. The van der Waals surface area contributed by atoms with Gasteiger partial charge in [0.25, 0.3) is 0 Å². The minimum Gasteiger partial charge on any atom is -0.391 e. The summed E-state index contributed by atoms with van der Waals surface area (Å²) in [6, 6.07) is 0.841. The fraction of sp³-hybridized carbons (Fsp3) is 1.00. The van der Waals surface area contributed by atoms with Crippen molar-refractivity contribution in [3.8, 4) is 0 Å². The first kappa shape index (κ1) is 12.9. The predicted molar refractivity (Wildman–Crippen MR) is 62.0 cm³/mol. The van der Waals surface area contributed by atoms with Gasteiger partial charge in [-0.25, -0.2) is 0 Å². The van der Waals surface area contributed by atoms with Crippen LogP contribution in [0.5, 0.6) is 0 Å². The van der Waals surface area contributed by atoms with E-state index in [9.17, 15) is 5.11 Å². The fourth-order valence-electron chi connectivity index (χ4n) is 2.39. The maximum atomic E-state index is 9.94. The molecule has 1 N–H and O–H groups in total. The third kappa shape index (κ3) is 3.74. The van der Waals surface area contributed by atoms with Crippen LogP contribution in [0.15, 0.2) is 0 Å². The largest absolute Gasteiger partial charge is 0.391 e. The van der Waals surface area contributed by atoms with Gasteiger partial charge < -0.3 is 9.84 Å². The third-order valence-electron chi connectivity index (χ3n) is 3.65. The molecule has 0 bridgehead atoms. The van der Waals surface area contributed by atoms with Crippen LogP contribution < -0.4 is 0 Å². The maximum Gasteiger partial charge on any atom is 0.0695 e. The zero-order chi connectivity index (χ0) is 11.3. The molecule has 90 valence electrons. The van der Waals surface area contributed by atoms with Gasteiger partial charge in [0, 0.05) is 25.8 Å². The summed E-state index contributed by atoms with van der Waals surface area (Å²) in [5, 5.41) is 9.94. The fourth-order valence-corrected chi connectivity index (χ4v) is 2.39. The van der Waals surface area contributed by atoms with Crippen LogP contribution in [0.1, 0.15) is 39.0 Å². The molecule has 0 aromatic rings. The molecule has 1 fully saturated rings. The second-order valence-corrected chi connectivity index (χ2v) is 4.72. The Labute approximate surface area is 93.4 Å². The number of aliphatic hydroxyl groups is 1. The second kappa shape index (κ2) is 6.46. The highest BCUT2D eigenvalue weighted by molar-refractivity contribution is 4.83. The number of ether oxygens (including phenoxy) is 1. The van der Waals surface area contributed by atoms with E-state index in [1.54, 1.807) is 7.11 Å². The molecule has 0 spiro atoms. The zero-order valence-electron chi connectivity index (χ0n) is 10.3. The minimum absolute atomic E-state index is 0.131. The van der Waals surface area contributed by atoms with Gasteiger partial charge in [-0.05, 0) is 33.2 Å². The first-order valence-corrected chi connectivity index (χ1v) is 6.05. The summed E-state index contributed by atoms with van der Waals surface area (Å²) in [5.74, 6) is 0. The number of hydrogen-bond acceptors (Lipinski definition) is 3. The Hall–Kier alpha value is -0.120. The molecule has 1 aliphatic carbocycles. The van der Waals surface area contributed by atoms with Gasteiger partial charge in [0.15, 0.2) is 0 Å². The molecule has 3 unspecified atom stereocenters. The summed E-state index contributed by atoms with van der Waals surface area (Å²) in [6.07, 6.45) is 5.44. The number of methoxy groups -OCH3 is 1. The number of likely N-dealkylation sites (N-methyl/N-ethyl adjacent to an activating group) is 1. The molecular formula is C12H25NO2. The molecule has 0 heterocycles. The topological polar surface area (TPSA) is 32.7 Å². The molecule has 3 atom stereocenters. The van der Waals surface area contributed by atoms with Gasteiger partial charge in [-0.3, -0.25) is 4.90 Å². The molecule has 0 amide bonds. The van der Waals surface area contributed by atoms with E-state index in [0.29, 0.717) is 12.1 Å². The van der Waals surface area contributed by atoms with Crippen LogP contribution in [0.4, 0.5) is 0 Å². The van der Waals surface area contributed by atoms with Crippen molar-refractivity contribution >= 4 is 0 Å². The minimum atomic E-state index is -0.131. The van der Waals surface area contributed by atoms with Crippen molar-refractivity contribution in [2.75, 3.05) is 20.8 Å². The van der Waals surface area contributed by atoms with E-state index in [4.69, 9.17) is 4.74 Å². The van der Waals surface area contributed by atoms with E-state index in [-0.39, 0.29) is 6.10 Å². The quantitative estimate of drug-likeness (QED) is 0.757. The van der Waals surface area contributed by atoms with Crippen molar-refractivity contribution in [2.24, 2.45) is 0 Å². The number of hydrogen-bond donors (Lipinski definition) is 1. The van der Waals surface area contributed by atoms with Crippen molar-refractivity contribution < 1.29 is 9.84 Å². The molecule has 0 aliphatic heterocycles. The van der Waals surface area contributed by atoms with Crippen LogP contribution in [0.3, 0.4) is 0 Å². The molecule has 0 radical (unpaired) electrons. The van der Waals surface area contributed by atoms with E-state index in [1.165, 1.54) is 12.8 Å². The first-order chi connectivity index (χ1) is 7.16. The average molecular weight is 215 g/mol. The van der Waals surface area contributed by atoms with Crippen molar-refractivity contribution in [1.82, 2.24) is 4.90 Å². The van der Waals surface area contributed by atoms with Crippen LogP contribution in [0, 0.1) is 0 Å². The maximum absolute atomic E-state index is 9.94. The van der Waals surface area contributed by atoms with Crippen molar-refractivity contribution in [2.45, 2.75) is 57.2 Å². The van der Waals surface area contributed by atoms with Crippen LogP contribution in [-0.4, -0.2) is 49.0 Å². The van der Waals surface area contributed by atoms with Gasteiger partial charge >= 0.3 is 0 Å². The highest BCUT2D eigenvalue weighted by atomic mass is 16.5. The summed E-state index contributed by atoms with van der Waals surface area (Å²) < 4.78 is 5.09. The van der Waals surface area contributed by atoms with Crippen LogP contribution in [-0.2, 0) is 4.74 Å². The van der Waals surface area contributed by atoms with Gasteiger partial charge in [0.05, 0.1) is 6.10 Å². The number of rotatable bonds is 5. The average Bonchev–Trinajstić information content (AvgIpc) is 2.25. The Morgan fingerprint density at radius 1 is 1.40 bits per heavy atom. The number of aliphatic hydroxyl groups excluding tert-OH is 1. The second-order valence-electron chi connectivity index (χ2n) is 4.72. The molecule has 0 saturated heterocycles. The van der Waals surface area contributed by atoms with E-state index in [2.05, 4.69) is 18.9 Å². The summed E-state index contributed by atoms with van der Waals surface area (Å²) in [4.78, 5) is 2.32. The normalized spacial score (nSPS) is 29.4. The predicted octanol–water partition coefficient (Wildman–Crippen LogP) is 1.65. The Bertz CT molecular complexity index is 175. The van der Waals surface area contributed by atoms with Gasteiger partial charge in [-0.1, -0.05) is 12.8 Å². The lowest BCUT2D eigenvalue weighted by atomic mass is 9.90. The Kier molecular flexibility index (Phi) is 5.58.